The van der Waals surface area contributed by atoms with Gasteiger partial charge in [-0.15, -0.1) is 6.58 Å². The fourth-order valence-corrected chi connectivity index (χ4v) is 0.413. The van der Waals surface area contributed by atoms with Crippen molar-refractivity contribution in [2.75, 3.05) is 0 Å². The fraction of sp³-hybridized carbons (Fsp3) is 0.571. The molecule has 47 valence electrons. The fourth-order valence-electron chi connectivity index (χ4n) is 0.413. The predicted molar refractivity (Wildman–Crippen MR) is 35.4 cm³/mol. The second kappa shape index (κ2) is 2.88. The van der Waals surface area contributed by atoms with Crippen LogP contribution in [0.2, 0.25) is 0 Å². The summed E-state index contributed by atoms with van der Waals surface area (Å²) in [5.74, 6) is 0. The molecule has 0 aliphatic carbocycles. The van der Waals surface area contributed by atoms with Crippen LogP contribution in [0.15, 0.2) is 12.7 Å². The third-order valence-electron chi connectivity index (χ3n) is 0.887. The molecule has 1 unspecified atom stereocenters. The quantitative estimate of drug-likeness (QED) is 0.550. The lowest BCUT2D eigenvalue weighted by molar-refractivity contribution is 0.100. The number of allylic oxidation sites excluding steroid dienone is 1. The molecule has 0 aliphatic heterocycles. The van der Waals surface area contributed by atoms with E-state index in [-0.39, 0.29) is 0 Å². The first-order valence-corrected chi connectivity index (χ1v) is 2.75. The Kier molecular flexibility index (Phi) is 2.77. The second-order valence-electron chi connectivity index (χ2n) is 2.32. The van der Waals surface area contributed by atoms with Gasteiger partial charge in [0.1, 0.15) is 0 Å². The minimum absolute atomic E-state index is 0.691. The molecule has 8 heavy (non-hydrogen) atoms. The minimum Gasteiger partial charge on any atom is -0.390 e. The Morgan fingerprint density at radius 3 is 2.38 bits per heavy atom. The van der Waals surface area contributed by atoms with Gasteiger partial charge < -0.3 is 5.11 Å². The van der Waals surface area contributed by atoms with Crippen molar-refractivity contribution in [1.82, 2.24) is 0 Å². The Balaban J connectivity index is 3.24. The van der Waals surface area contributed by atoms with Gasteiger partial charge in [0.2, 0.25) is 0 Å². The van der Waals surface area contributed by atoms with Crippen molar-refractivity contribution < 1.29 is 5.11 Å². The first kappa shape index (κ1) is 7.70. The van der Waals surface area contributed by atoms with Crippen LogP contribution < -0.4 is 0 Å². The number of aliphatic hydroxyl groups is 1. The highest BCUT2D eigenvalue weighted by atomic mass is 16.3. The summed E-state index contributed by atoms with van der Waals surface area (Å²) in [7, 11) is 0. The molecular weight excluding hydrogens is 100 g/mol. The monoisotopic (exact) mass is 113 g/mol. The van der Waals surface area contributed by atoms with E-state index in [1.807, 2.05) is 0 Å². The first-order valence-electron chi connectivity index (χ1n) is 2.75. The maximum absolute atomic E-state index is 8.99. The maximum atomic E-state index is 8.99. The van der Waals surface area contributed by atoms with Gasteiger partial charge in [-0.05, 0) is 26.7 Å². The van der Waals surface area contributed by atoms with E-state index in [0.717, 1.165) is 6.42 Å². The van der Waals surface area contributed by atoms with Crippen LogP contribution in [0.1, 0.15) is 19.8 Å². The highest BCUT2D eigenvalue weighted by Gasteiger charge is 2.09. The Bertz CT molecular complexity index is 68.9. The van der Waals surface area contributed by atoms with Crippen LogP contribution in [0.3, 0.4) is 0 Å². The lowest BCUT2D eigenvalue weighted by Gasteiger charge is -2.14. The zero-order chi connectivity index (χ0) is 6.62. The molecule has 1 radical (unpaired) electrons. The van der Waals surface area contributed by atoms with Gasteiger partial charge in [-0.2, -0.15) is 0 Å². The summed E-state index contributed by atoms with van der Waals surface area (Å²) in [6.07, 6.45) is 3.30. The standard InChI is InChI=1S/C7H13O/c1-4-5-6-7(2,3)8/h4,8H,1-2,5-6H2,3H3. The van der Waals surface area contributed by atoms with Gasteiger partial charge >= 0.3 is 0 Å². The first-order chi connectivity index (χ1) is 3.56. The Morgan fingerprint density at radius 1 is 1.75 bits per heavy atom. The van der Waals surface area contributed by atoms with Crippen molar-refractivity contribution in [2.24, 2.45) is 0 Å². The molecule has 0 fully saturated rings. The summed E-state index contributed by atoms with van der Waals surface area (Å²) in [5, 5.41) is 8.99. The van der Waals surface area contributed by atoms with Crippen molar-refractivity contribution in [3.05, 3.63) is 19.6 Å². The molecule has 0 aliphatic rings. The molecular formula is C7H13O. The highest BCUT2D eigenvalue weighted by Crippen LogP contribution is 2.08. The van der Waals surface area contributed by atoms with Gasteiger partial charge in [0, 0.05) is 0 Å². The molecule has 0 spiro atoms. The van der Waals surface area contributed by atoms with Crippen molar-refractivity contribution in [1.29, 1.82) is 0 Å². The van der Waals surface area contributed by atoms with Crippen LogP contribution in [-0.4, -0.2) is 10.7 Å². The average Bonchev–Trinajstić information content (AvgIpc) is 1.59. The summed E-state index contributed by atoms with van der Waals surface area (Å²) < 4.78 is 0. The molecule has 1 nitrogen and oxygen atoms in total. The third-order valence-corrected chi connectivity index (χ3v) is 0.887. The molecule has 0 saturated carbocycles. The molecule has 1 heteroatoms. The lowest BCUT2D eigenvalue weighted by atomic mass is 10.0. The van der Waals surface area contributed by atoms with Crippen LogP contribution in [-0.2, 0) is 0 Å². The van der Waals surface area contributed by atoms with Crippen LogP contribution in [0, 0.1) is 6.92 Å². The molecule has 0 rings (SSSR count). The Labute approximate surface area is 51.0 Å². The largest absolute Gasteiger partial charge is 0.390 e. The Morgan fingerprint density at radius 2 is 2.25 bits per heavy atom. The molecule has 0 aromatic carbocycles. The smallest absolute Gasteiger partial charge is 0.0623 e. The zero-order valence-electron chi connectivity index (χ0n) is 5.35. The number of hydrogen-bond donors (Lipinski definition) is 1. The molecule has 0 aromatic heterocycles. The summed E-state index contributed by atoms with van der Waals surface area (Å²) in [5.41, 5.74) is -0.770. The van der Waals surface area contributed by atoms with Gasteiger partial charge in [0.15, 0.2) is 0 Å². The SMILES string of the molecule is [CH2]C(C)(O)CCC=C. The molecule has 0 heterocycles. The van der Waals surface area contributed by atoms with Crippen LogP contribution in [0.25, 0.3) is 0 Å². The van der Waals surface area contributed by atoms with Gasteiger partial charge in [-0.25, -0.2) is 0 Å². The minimum atomic E-state index is -0.770. The highest BCUT2D eigenvalue weighted by molar-refractivity contribution is 4.79. The molecule has 0 saturated heterocycles. The molecule has 1 N–H and O–H groups in total. The molecule has 1 atom stereocenters. The second-order valence-corrected chi connectivity index (χ2v) is 2.32. The van der Waals surface area contributed by atoms with Gasteiger partial charge in [0.25, 0.3) is 0 Å². The maximum Gasteiger partial charge on any atom is 0.0623 e. The van der Waals surface area contributed by atoms with E-state index in [1.54, 1.807) is 13.0 Å². The van der Waals surface area contributed by atoms with E-state index in [2.05, 4.69) is 13.5 Å². The van der Waals surface area contributed by atoms with E-state index in [4.69, 9.17) is 5.11 Å². The zero-order valence-corrected chi connectivity index (χ0v) is 5.35. The number of rotatable bonds is 3. The summed E-state index contributed by atoms with van der Waals surface area (Å²) in [6.45, 7) is 8.73. The van der Waals surface area contributed by atoms with Gasteiger partial charge in [-0.1, -0.05) is 6.08 Å². The average molecular weight is 113 g/mol. The van der Waals surface area contributed by atoms with Gasteiger partial charge in [0.05, 0.1) is 5.60 Å². The third kappa shape index (κ3) is 5.70. The molecule has 0 bridgehead atoms. The van der Waals surface area contributed by atoms with Crippen molar-refractivity contribution in [2.45, 2.75) is 25.4 Å². The summed E-state index contributed by atoms with van der Waals surface area (Å²) >= 11 is 0. The van der Waals surface area contributed by atoms with Gasteiger partial charge in [-0.3, -0.25) is 0 Å². The number of hydrogen-bond acceptors (Lipinski definition) is 1. The van der Waals surface area contributed by atoms with Crippen molar-refractivity contribution in [3.63, 3.8) is 0 Å². The van der Waals surface area contributed by atoms with E-state index in [0.29, 0.717) is 6.42 Å². The summed E-state index contributed by atoms with van der Waals surface area (Å²) in [4.78, 5) is 0. The van der Waals surface area contributed by atoms with E-state index in [9.17, 15) is 0 Å². The van der Waals surface area contributed by atoms with Crippen LogP contribution in [0.5, 0.6) is 0 Å². The molecule has 0 aromatic rings. The van der Waals surface area contributed by atoms with E-state index < -0.39 is 5.60 Å². The van der Waals surface area contributed by atoms with Crippen LogP contribution >= 0.6 is 0 Å². The predicted octanol–water partition coefficient (Wildman–Crippen LogP) is 1.54. The van der Waals surface area contributed by atoms with E-state index >= 15 is 0 Å². The molecule has 0 amide bonds. The topological polar surface area (TPSA) is 20.2 Å². The summed E-state index contributed by atoms with van der Waals surface area (Å²) in [6, 6.07) is 0. The van der Waals surface area contributed by atoms with Crippen LogP contribution in [0.4, 0.5) is 0 Å². The normalized spacial score (nSPS) is 11.4. The van der Waals surface area contributed by atoms with Crippen molar-refractivity contribution in [3.8, 4) is 0 Å². The van der Waals surface area contributed by atoms with Crippen molar-refractivity contribution >= 4 is 0 Å². The Hall–Kier alpha value is -0.300. The lowest BCUT2D eigenvalue weighted by Crippen LogP contribution is -2.17. The van der Waals surface area contributed by atoms with E-state index in [1.165, 1.54) is 0 Å².